The summed E-state index contributed by atoms with van der Waals surface area (Å²) in [5.41, 5.74) is 0. The highest BCUT2D eigenvalue weighted by molar-refractivity contribution is 8.13. The third kappa shape index (κ3) is 6.31. The summed E-state index contributed by atoms with van der Waals surface area (Å²) in [4.78, 5) is 35.1. The number of amides is 1. The van der Waals surface area contributed by atoms with Crippen molar-refractivity contribution in [1.29, 1.82) is 0 Å². The van der Waals surface area contributed by atoms with Crippen LogP contribution in [0.25, 0.3) is 0 Å². The van der Waals surface area contributed by atoms with E-state index in [-0.39, 0.29) is 17.4 Å². The van der Waals surface area contributed by atoms with Crippen LogP contribution < -0.4 is 0 Å². The molecule has 0 aromatic heterocycles. The summed E-state index contributed by atoms with van der Waals surface area (Å²) in [5.74, 6) is -0.143. The Bertz CT molecular complexity index is 293. The van der Waals surface area contributed by atoms with E-state index in [1.807, 2.05) is 0 Å². The molecule has 0 radical (unpaired) electrons. The number of rotatable bonds is 6. The lowest BCUT2D eigenvalue weighted by molar-refractivity contribution is -0.152. The molecule has 0 bridgehead atoms. The average Bonchev–Trinajstić information content (AvgIpc) is 2.26. The number of hydrogen-bond donors (Lipinski definition) is 0. The highest BCUT2D eigenvalue weighted by Gasteiger charge is 2.22. The second kappa shape index (κ2) is 8.11. The van der Waals surface area contributed by atoms with Crippen LogP contribution in [0, 0.1) is 0 Å². The second-order valence-corrected chi connectivity index (χ2v) is 4.79. The lowest BCUT2D eigenvalue weighted by Crippen LogP contribution is -2.41. The zero-order valence-electron chi connectivity index (χ0n) is 10.7. The van der Waals surface area contributed by atoms with Gasteiger partial charge in [-0.3, -0.25) is 9.59 Å². The first-order chi connectivity index (χ1) is 7.90. The fourth-order valence-electron chi connectivity index (χ4n) is 1.10. The normalized spacial score (nSPS) is 11.8. The van der Waals surface area contributed by atoms with Crippen molar-refractivity contribution in [2.24, 2.45) is 0 Å². The molecular weight excluding hydrogens is 242 g/mol. The van der Waals surface area contributed by atoms with E-state index in [1.165, 1.54) is 11.8 Å². The Morgan fingerprint density at radius 2 is 1.94 bits per heavy atom. The van der Waals surface area contributed by atoms with Crippen LogP contribution in [0.2, 0.25) is 0 Å². The van der Waals surface area contributed by atoms with Crippen LogP contribution in [-0.2, 0) is 19.1 Å². The Morgan fingerprint density at radius 3 is 2.41 bits per heavy atom. The van der Waals surface area contributed by atoms with E-state index in [2.05, 4.69) is 0 Å². The topological polar surface area (TPSA) is 63.7 Å². The molecule has 5 nitrogen and oxygen atoms in total. The third-order valence-corrected chi connectivity index (χ3v) is 3.04. The van der Waals surface area contributed by atoms with Crippen molar-refractivity contribution >= 4 is 28.8 Å². The van der Waals surface area contributed by atoms with Gasteiger partial charge in [-0.1, -0.05) is 11.8 Å². The molecule has 0 aliphatic carbocycles. The fourth-order valence-corrected chi connectivity index (χ4v) is 1.66. The summed E-state index contributed by atoms with van der Waals surface area (Å²) < 4.78 is 4.83. The van der Waals surface area contributed by atoms with Gasteiger partial charge in [0, 0.05) is 26.1 Å². The quantitative estimate of drug-likeness (QED) is 0.669. The summed E-state index contributed by atoms with van der Waals surface area (Å²) in [7, 11) is 1.56. The summed E-state index contributed by atoms with van der Waals surface area (Å²) in [5, 5.41) is -0.0149. The summed E-state index contributed by atoms with van der Waals surface area (Å²) in [6.45, 7) is 5.09. The molecule has 17 heavy (non-hydrogen) atoms. The Labute approximate surface area is 106 Å². The fraction of sp³-hybridized carbons (Fsp3) is 0.727. The molecule has 0 spiro atoms. The molecule has 1 atom stereocenters. The predicted molar refractivity (Wildman–Crippen MR) is 66.6 cm³/mol. The maximum Gasteiger partial charge on any atom is 0.328 e. The molecule has 0 saturated heterocycles. The van der Waals surface area contributed by atoms with Crippen molar-refractivity contribution in [3.8, 4) is 0 Å². The molecule has 0 N–H and O–H groups in total. The van der Waals surface area contributed by atoms with Crippen molar-refractivity contribution in [1.82, 2.24) is 4.90 Å². The predicted octanol–water partition coefficient (Wildman–Crippen LogP) is 1.07. The van der Waals surface area contributed by atoms with Gasteiger partial charge in [0.25, 0.3) is 0 Å². The van der Waals surface area contributed by atoms with Gasteiger partial charge in [0.15, 0.2) is 5.12 Å². The number of thioether (sulfide) groups is 1. The molecular formula is C11H19NO4S. The van der Waals surface area contributed by atoms with Crippen molar-refractivity contribution in [2.45, 2.75) is 33.2 Å². The largest absolute Gasteiger partial charge is 0.464 e. The molecule has 0 aromatic carbocycles. The maximum atomic E-state index is 11.7. The van der Waals surface area contributed by atoms with Gasteiger partial charge in [-0.2, -0.15) is 0 Å². The highest BCUT2D eigenvalue weighted by atomic mass is 32.2. The van der Waals surface area contributed by atoms with Gasteiger partial charge in [-0.05, 0) is 13.8 Å². The standard InChI is InChI=1S/C11H19NO4S/c1-5-16-11(15)8(2)12(4)10(14)6-7-17-9(3)13/h8H,5-7H2,1-4H3. The minimum Gasteiger partial charge on any atom is -0.464 e. The van der Waals surface area contributed by atoms with Gasteiger partial charge in [0.05, 0.1) is 6.61 Å². The third-order valence-electron chi connectivity index (χ3n) is 2.22. The van der Waals surface area contributed by atoms with Gasteiger partial charge in [0.1, 0.15) is 6.04 Å². The number of ether oxygens (including phenoxy) is 1. The number of esters is 1. The zero-order chi connectivity index (χ0) is 13.4. The van der Waals surface area contributed by atoms with Crippen molar-refractivity contribution in [3.63, 3.8) is 0 Å². The van der Waals surface area contributed by atoms with Gasteiger partial charge in [-0.15, -0.1) is 0 Å². The first-order valence-corrected chi connectivity index (χ1v) is 6.44. The van der Waals surface area contributed by atoms with Gasteiger partial charge >= 0.3 is 5.97 Å². The minimum atomic E-state index is -0.593. The lowest BCUT2D eigenvalue weighted by atomic mass is 10.3. The van der Waals surface area contributed by atoms with Gasteiger partial charge < -0.3 is 9.64 Å². The maximum absolute atomic E-state index is 11.7. The van der Waals surface area contributed by atoms with Crippen LogP contribution in [0.15, 0.2) is 0 Å². The first kappa shape index (κ1) is 16.0. The van der Waals surface area contributed by atoms with E-state index >= 15 is 0 Å². The number of likely N-dealkylation sites (N-methyl/N-ethyl adjacent to an activating group) is 1. The summed E-state index contributed by atoms with van der Waals surface area (Å²) >= 11 is 1.10. The Hall–Kier alpha value is -1.04. The molecule has 0 aliphatic heterocycles. The molecule has 0 heterocycles. The van der Waals surface area contributed by atoms with E-state index in [9.17, 15) is 14.4 Å². The van der Waals surface area contributed by atoms with E-state index in [4.69, 9.17) is 4.74 Å². The molecule has 1 amide bonds. The molecule has 0 aliphatic rings. The summed E-state index contributed by atoms with van der Waals surface area (Å²) in [6.07, 6.45) is 0.241. The van der Waals surface area contributed by atoms with Gasteiger partial charge in [-0.25, -0.2) is 4.79 Å². The monoisotopic (exact) mass is 261 g/mol. The van der Waals surface area contributed by atoms with Crippen LogP contribution in [0.5, 0.6) is 0 Å². The number of carbonyl (C=O) groups is 3. The SMILES string of the molecule is CCOC(=O)C(C)N(C)C(=O)CCSC(C)=O. The number of hydrogen-bond acceptors (Lipinski definition) is 5. The van der Waals surface area contributed by atoms with Gasteiger partial charge in [0.2, 0.25) is 5.91 Å². The van der Waals surface area contributed by atoms with Crippen molar-refractivity contribution < 1.29 is 19.1 Å². The van der Waals surface area contributed by atoms with Crippen LogP contribution >= 0.6 is 11.8 Å². The lowest BCUT2D eigenvalue weighted by Gasteiger charge is -2.23. The van der Waals surface area contributed by atoms with Crippen molar-refractivity contribution in [2.75, 3.05) is 19.4 Å². The van der Waals surface area contributed by atoms with E-state index in [1.54, 1.807) is 20.9 Å². The molecule has 0 aromatic rings. The van der Waals surface area contributed by atoms with Crippen molar-refractivity contribution in [3.05, 3.63) is 0 Å². The molecule has 6 heteroatoms. The van der Waals surface area contributed by atoms with Crippen LogP contribution in [0.1, 0.15) is 27.2 Å². The average molecular weight is 261 g/mol. The summed E-state index contributed by atoms with van der Waals surface area (Å²) in [6, 6.07) is -0.593. The molecule has 0 fully saturated rings. The first-order valence-electron chi connectivity index (χ1n) is 5.45. The smallest absolute Gasteiger partial charge is 0.328 e. The molecule has 0 saturated carbocycles. The van der Waals surface area contributed by atoms with Crippen LogP contribution in [0.3, 0.4) is 0 Å². The van der Waals surface area contributed by atoms with Crippen LogP contribution in [-0.4, -0.2) is 47.3 Å². The Balaban J connectivity index is 4.11. The van der Waals surface area contributed by atoms with E-state index in [0.717, 1.165) is 11.8 Å². The van der Waals surface area contributed by atoms with E-state index < -0.39 is 12.0 Å². The molecule has 0 rings (SSSR count). The zero-order valence-corrected chi connectivity index (χ0v) is 11.5. The Kier molecular flexibility index (Phi) is 7.61. The second-order valence-electron chi connectivity index (χ2n) is 3.52. The van der Waals surface area contributed by atoms with E-state index in [0.29, 0.717) is 12.4 Å². The minimum absolute atomic E-state index is 0.0149. The Morgan fingerprint density at radius 1 is 1.35 bits per heavy atom. The highest BCUT2D eigenvalue weighted by Crippen LogP contribution is 2.07. The number of nitrogens with zero attached hydrogens (tertiary/aromatic N) is 1. The van der Waals surface area contributed by atoms with Crippen LogP contribution in [0.4, 0.5) is 0 Å². The molecule has 98 valence electrons. The molecule has 1 unspecified atom stereocenters. The number of carbonyl (C=O) groups excluding carboxylic acids is 3.